The maximum absolute atomic E-state index is 10.9. The van der Waals surface area contributed by atoms with E-state index in [1.54, 1.807) is 0 Å². The number of hydrogen-bond donors (Lipinski definition) is 3. The second-order valence-corrected chi connectivity index (χ2v) is 5.64. The van der Waals surface area contributed by atoms with Gasteiger partial charge < -0.3 is 9.79 Å². The topological polar surface area (TPSA) is 98.1 Å². The fourth-order valence-electron chi connectivity index (χ4n) is 1.33. The van der Waals surface area contributed by atoms with Crippen molar-refractivity contribution in [3.05, 3.63) is 0 Å². The van der Waals surface area contributed by atoms with Crippen molar-refractivity contribution in [3.8, 4) is 0 Å². The summed E-state index contributed by atoms with van der Waals surface area (Å²) < 4.78 is 10.9. The average molecular weight is 209 g/mol. The lowest BCUT2D eigenvalue weighted by molar-refractivity contribution is -0.150. The van der Waals surface area contributed by atoms with Gasteiger partial charge in [0.2, 0.25) is 6.41 Å². The highest BCUT2D eigenvalue weighted by Gasteiger charge is 2.62. The first-order chi connectivity index (χ1) is 5.81. The van der Waals surface area contributed by atoms with E-state index in [1.165, 1.54) is 6.92 Å². The molecule has 1 amide bonds. The van der Waals surface area contributed by atoms with Crippen LogP contribution in [-0.4, -0.2) is 38.2 Å². The van der Waals surface area contributed by atoms with Gasteiger partial charge in [-0.25, -0.2) is 5.06 Å². The highest BCUT2D eigenvalue weighted by molar-refractivity contribution is 7.54. The minimum atomic E-state index is -4.11. The molecule has 0 spiro atoms. The maximum atomic E-state index is 10.9. The Hall–Kier alpha value is -0.420. The molecule has 0 unspecified atom stereocenters. The number of nitrogens with zero attached hydrogens (tertiary/aromatic N) is 1. The van der Waals surface area contributed by atoms with Crippen molar-refractivity contribution in [3.63, 3.8) is 0 Å². The largest absolute Gasteiger partial charge is 0.331 e. The molecule has 1 fully saturated rings. The van der Waals surface area contributed by atoms with Crippen LogP contribution in [0.4, 0.5) is 0 Å². The Morgan fingerprint density at radius 2 is 2.23 bits per heavy atom. The Morgan fingerprint density at radius 1 is 1.69 bits per heavy atom. The Bertz CT molecular complexity index is 264. The van der Waals surface area contributed by atoms with Gasteiger partial charge in [0.1, 0.15) is 0 Å². The van der Waals surface area contributed by atoms with Gasteiger partial charge in [-0.2, -0.15) is 0 Å². The molecular formula is C6H12NO5P. The summed E-state index contributed by atoms with van der Waals surface area (Å²) in [4.78, 5) is 27.8. The third kappa shape index (κ3) is 1.91. The quantitative estimate of drug-likeness (QED) is 0.257. The van der Waals surface area contributed by atoms with E-state index in [0.717, 1.165) is 0 Å². The third-order valence-corrected chi connectivity index (χ3v) is 4.45. The maximum Gasteiger partial charge on any atom is 0.331 e. The molecule has 6 nitrogen and oxygen atoms in total. The van der Waals surface area contributed by atoms with Crippen molar-refractivity contribution in [1.82, 2.24) is 5.06 Å². The zero-order valence-electron chi connectivity index (χ0n) is 7.12. The van der Waals surface area contributed by atoms with E-state index in [2.05, 4.69) is 0 Å². The molecule has 0 bridgehead atoms. The van der Waals surface area contributed by atoms with Crippen LogP contribution in [0.2, 0.25) is 0 Å². The van der Waals surface area contributed by atoms with Gasteiger partial charge in [0, 0.05) is 0 Å². The molecule has 13 heavy (non-hydrogen) atoms. The summed E-state index contributed by atoms with van der Waals surface area (Å²) in [5.74, 6) is -0.316. The van der Waals surface area contributed by atoms with Gasteiger partial charge in [0.15, 0.2) is 0 Å². The highest BCUT2D eigenvalue weighted by Crippen LogP contribution is 2.68. The predicted octanol–water partition coefficient (Wildman–Crippen LogP) is -0.210. The lowest BCUT2D eigenvalue weighted by Crippen LogP contribution is -2.23. The van der Waals surface area contributed by atoms with Crippen molar-refractivity contribution < 1.29 is 24.4 Å². The molecule has 1 rings (SSSR count). The molecular weight excluding hydrogens is 197 g/mol. The minimum absolute atomic E-state index is 0.0227. The zero-order valence-corrected chi connectivity index (χ0v) is 8.02. The number of rotatable bonds is 4. The molecule has 7 heteroatoms. The summed E-state index contributed by atoms with van der Waals surface area (Å²) in [6.45, 7) is 1.43. The van der Waals surface area contributed by atoms with E-state index in [-0.39, 0.29) is 18.9 Å². The van der Waals surface area contributed by atoms with Crippen molar-refractivity contribution >= 4 is 14.0 Å². The van der Waals surface area contributed by atoms with E-state index in [1.807, 2.05) is 0 Å². The number of carbonyl (C=O) groups excluding carboxylic acids is 1. The Kier molecular flexibility index (Phi) is 2.51. The first-order valence-electron chi connectivity index (χ1n) is 3.78. The summed E-state index contributed by atoms with van der Waals surface area (Å²) in [7, 11) is -4.11. The molecule has 0 heterocycles. The summed E-state index contributed by atoms with van der Waals surface area (Å²) >= 11 is 0. The lowest BCUT2D eigenvalue weighted by Gasteiger charge is -2.14. The van der Waals surface area contributed by atoms with Crippen LogP contribution in [0.5, 0.6) is 0 Å². The van der Waals surface area contributed by atoms with Crippen molar-refractivity contribution in [2.24, 2.45) is 5.92 Å². The van der Waals surface area contributed by atoms with Crippen LogP contribution in [0.1, 0.15) is 13.3 Å². The Labute approximate surface area is 75.3 Å². The van der Waals surface area contributed by atoms with Gasteiger partial charge in [-0.15, -0.1) is 0 Å². The van der Waals surface area contributed by atoms with Gasteiger partial charge in [0.05, 0.1) is 11.7 Å². The molecule has 1 saturated carbocycles. The fraction of sp³-hybridized carbons (Fsp3) is 0.833. The smallest absolute Gasteiger partial charge is 0.324 e. The first-order valence-corrected chi connectivity index (χ1v) is 5.39. The molecule has 1 aliphatic carbocycles. The molecule has 3 N–H and O–H groups in total. The number of amides is 1. The highest BCUT2D eigenvalue weighted by atomic mass is 31.2. The summed E-state index contributed by atoms with van der Waals surface area (Å²) in [6.07, 6.45) is 0.556. The monoisotopic (exact) mass is 209 g/mol. The standard InChI is InChI=1S/C6H12NO5P/c1-6(13(10,11)12)2-5(6)3-7(9)4-8/h4-5,9H,2-3H2,1H3,(H2,10,11,12)/t5-,6+/m0/s1. The molecule has 0 aliphatic heterocycles. The molecule has 2 atom stereocenters. The number of hydrogen-bond acceptors (Lipinski definition) is 3. The molecule has 1 aliphatic rings. The van der Waals surface area contributed by atoms with Crippen LogP contribution in [0.15, 0.2) is 0 Å². The van der Waals surface area contributed by atoms with Crippen molar-refractivity contribution in [2.75, 3.05) is 6.54 Å². The van der Waals surface area contributed by atoms with Gasteiger partial charge in [-0.3, -0.25) is 14.6 Å². The molecule has 0 aromatic carbocycles. The molecule has 0 saturated heterocycles. The van der Waals surface area contributed by atoms with Gasteiger partial charge >= 0.3 is 7.60 Å². The van der Waals surface area contributed by atoms with Gasteiger partial charge in [-0.1, -0.05) is 0 Å². The van der Waals surface area contributed by atoms with E-state index in [4.69, 9.17) is 15.0 Å². The minimum Gasteiger partial charge on any atom is -0.324 e. The van der Waals surface area contributed by atoms with E-state index < -0.39 is 12.8 Å². The van der Waals surface area contributed by atoms with Crippen LogP contribution in [-0.2, 0) is 9.36 Å². The summed E-state index contributed by atoms with van der Waals surface area (Å²) in [5, 5.41) is 8.13. The van der Waals surface area contributed by atoms with Gasteiger partial charge in [-0.05, 0) is 19.3 Å². The molecule has 0 radical (unpaired) electrons. The molecule has 0 aromatic heterocycles. The predicted molar refractivity (Wildman–Crippen MR) is 43.1 cm³/mol. The SMILES string of the molecule is C[C@@]1(P(=O)(O)O)C[C@H]1CN(O)C=O. The number of carbonyl (C=O) groups is 1. The van der Waals surface area contributed by atoms with Crippen LogP contribution in [0.3, 0.4) is 0 Å². The number of hydroxylamine groups is 2. The van der Waals surface area contributed by atoms with Crippen molar-refractivity contribution in [1.29, 1.82) is 0 Å². The average Bonchev–Trinajstić information content (AvgIpc) is 2.62. The Morgan fingerprint density at radius 3 is 2.54 bits per heavy atom. The van der Waals surface area contributed by atoms with E-state index >= 15 is 0 Å². The Balaban J connectivity index is 2.54. The van der Waals surface area contributed by atoms with E-state index in [0.29, 0.717) is 11.5 Å². The zero-order chi connectivity index (χ0) is 10.3. The van der Waals surface area contributed by atoms with Crippen molar-refractivity contribution in [2.45, 2.75) is 18.5 Å². The lowest BCUT2D eigenvalue weighted by atomic mass is 10.3. The fourth-order valence-corrected chi connectivity index (χ4v) is 2.34. The second kappa shape index (κ2) is 3.06. The van der Waals surface area contributed by atoms with Crippen LogP contribution in [0, 0.1) is 5.92 Å². The first kappa shape index (κ1) is 10.7. The van der Waals surface area contributed by atoms with Gasteiger partial charge in [0.25, 0.3) is 0 Å². The molecule has 0 aromatic rings. The second-order valence-electron chi connectivity index (χ2n) is 3.53. The van der Waals surface area contributed by atoms with Crippen LogP contribution >= 0.6 is 7.60 Å². The van der Waals surface area contributed by atoms with E-state index in [9.17, 15) is 9.36 Å². The molecule has 76 valence electrons. The normalized spacial score (nSPS) is 32.8. The third-order valence-electron chi connectivity index (χ3n) is 2.57. The summed E-state index contributed by atoms with van der Waals surface area (Å²) in [5.41, 5.74) is 0. The van der Waals surface area contributed by atoms with Crippen LogP contribution in [0.25, 0.3) is 0 Å². The van der Waals surface area contributed by atoms with Crippen LogP contribution < -0.4 is 0 Å². The summed E-state index contributed by atoms with van der Waals surface area (Å²) in [6, 6.07) is 0.